The van der Waals surface area contributed by atoms with Gasteiger partial charge in [-0.25, -0.2) is 9.59 Å². The number of ether oxygens (including phenoxy) is 2. The van der Waals surface area contributed by atoms with Gasteiger partial charge in [-0.05, 0) is 32.6 Å². The van der Waals surface area contributed by atoms with Gasteiger partial charge in [0, 0.05) is 12.0 Å². The largest absolute Gasteiger partial charge is 0.477 e. The van der Waals surface area contributed by atoms with Crippen molar-refractivity contribution in [3.05, 3.63) is 59.8 Å². The van der Waals surface area contributed by atoms with Gasteiger partial charge in [-0.2, -0.15) is 0 Å². The normalized spacial score (nSPS) is 16.1. The number of likely N-dealkylation sites (N-methyl/N-ethyl adjacent to an activating group) is 1. The molecule has 0 rings (SSSR count). The Morgan fingerprint density at radius 1 is 1.00 bits per heavy atom. The second-order valence-electron chi connectivity index (χ2n) is 10.1. The topological polar surface area (TPSA) is 93.1 Å². The van der Waals surface area contributed by atoms with Crippen molar-refractivity contribution in [1.29, 1.82) is 0 Å². The molecule has 0 bridgehead atoms. The van der Waals surface area contributed by atoms with Gasteiger partial charge in [0.25, 0.3) is 0 Å². The number of hydrogen-bond donors (Lipinski definition) is 2. The van der Waals surface area contributed by atoms with Crippen LogP contribution in [0.4, 0.5) is 0 Å². The third kappa shape index (κ3) is 17.0. The maximum atomic E-state index is 12.2. The Morgan fingerprint density at radius 2 is 1.64 bits per heavy atom. The highest BCUT2D eigenvalue weighted by Crippen LogP contribution is 2.10. The number of aliphatic hydroxyl groups is 1. The van der Waals surface area contributed by atoms with Crippen LogP contribution in [0.25, 0.3) is 0 Å². The second kappa shape index (κ2) is 18.7. The summed E-state index contributed by atoms with van der Waals surface area (Å²) < 4.78 is 10.8. The van der Waals surface area contributed by atoms with Crippen molar-refractivity contribution in [1.82, 2.24) is 0 Å². The van der Waals surface area contributed by atoms with Gasteiger partial charge in [0.05, 0.1) is 34.4 Å². The zero-order valence-corrected chi connectivity index (χ0v) is 23.3. The molecule has 0 saturated carbocycles. The maximum Gasteiger partial charge on any atom is 0.362 e. The number of aliphatic hydroxyl groups excluding tert-OH is 1. The zero-order valence-electron chi connectivity index (χ0n) is 23.3. The van der Waals surface area contributed by atoms with E-state index >= 15 is 0 Å². The molecular formula is C29H48NO6+. The van der Waals surface area contributed by atoms with Crippen LogP contribution in [0, 0.1) is 5.92 Å². The first kappa shape index (κ1) is 33.5. The van der Waals surface area contributed by atoms with Gasteiger partial charge in [-0.15, -0.1) is 0 Å². The molecule has 2 N–H and O–H groups in total. The van der Waals surface area contributed by atoms with E-state index in [4.69, 9.17) is 9.47 Å². The smallest absolute Gasteiger partial charge is 0.362 e. The number of quaternary nitrogens is 1. The molecule has 0 aromatic rings. The molecule has 0 amide bonds. The maximum absolute atomic E-state index is 12.2. The lowest BCUT2D eigenvalue weighted by molar-refractivity contribution is -0.887. The Balaban J connectivity index is 4.36. The van der Waals surface area contributed by atoms with Crippen LogP contribution in [0.2, 0.25) is 0 Å². The van der Waals surface area contributed by atoms with Crippen molar-refractivity contribution in [3.8, 4) is 0 Å². The van der Waals surface area contributed by atoms with E-state index in [9.17, 15) is 19.8 Å². The summed E-state index contributed by atoms with van der Waals surface area (Å²) in [6.45, 7) is 7.96. The van der Waals surface area contributed by atoms with Crippen LogP contribution >= 0.6 is 0 Å². The minimum Gasteiger partial charge on any atom is -0.477 e. The van der Waals surface area contributed by atoms with Crippen LogP contribution in [0.3, 0.4) is 0 Å². The first-order chi connectivity index (χ1) is 16.9. The minimum absolute atomic E-state index is 0.0342. The molecule has 0 aliphatic carbocycles. The summed E-state index contributed by atoms with van der Waals surface area (Å²) in [7, 11) is 5.43. The van der Waals surface area contributed by atoms with E-state index in [0.717, 1.165) is 6.42 Å². The molecule has 204 valence electrons. The summed E-state index contributed by atoms with van der Waals surface area (Å²) >= 11 is 0. The van der Waals surface area contributed by atoms with Gasteiger partial charge in [0.2, 0.25) is 0 Å². The highest BCUT2D eigenvalue weighted by molar-refractivity contribution is 5.87. The van der Waals surface area contributed by atoms with Crippen LogP contribution in [0.15, 0.2) is 59.8 Å². The number of carbonyl (C=O) groups excluding carboxylic acids is 1. The Morgan fingerprint density at radius 3 is 2.25 bits per heavy atom. The number of carbonyl (C=O) groups is 2. The molecule has 0 radical (unpaired) electrons. The molecule has 36 heavy (non-hydrogen) atoms. The molecule has 0 saturated heterocycles. The highest BCUT2D eigenvalue weighted by atomic mass is 16.5. The number of esters is 1. The number of carboxylic acid groups (broad SMARTS) is 1. The number of aliphatic carboxylic acids is 1. The van der Waals surface area contributed by atoms with Crippen molar-refractivity contribution in [3.63, 3.8) is 0 Å². The fourth-order valence-corrected chi connectivity index (χ4v) is 3.30. The number of carboxylic acids is 1. The number of rotatable bonds is 18. The predicted molar refractivity (Wildman–Crippen MR) is 145 cm³/mol. The average molecular weight is 507 g/mol. The molecule has 0 aliphatic heterocycles. The van der Waals surface area contributed by atoms with E-state index in [1.54, 1.807) is 6.92 Å². The van der Waals surface area contributed by atoms with Crippen molar-refractivity contribution < 1.29 is 33.8 Å². The van der Waals surface area contributed by atoms with Crippen molar-refractivity contribution in [2.75, 3.05) is 41.0 Å². The van der Waals surface area contributed by atoms with Gasteiger partial charge in [-0.3, -0.25) is 0 Å². The molecule has 0 aliphatic rings. The van der Waals surface area contributed by atoms with E-state index in [-0.39, 0.29) is 30.2 Å². The number of unbranched alkanes of at least 4 members (excludes halogenated alkanes) is 1. The standard InChI is InChI=1S/C29H47NO6/c1-8-9-15-23(2)16-13-11-10-12-14-17-24(3)20-25(4)29(34)36-22-26(31)21-35-19-18-27(28(32)33)30(5,6)7/h10-14,16-17,20,24,26-27,31H,8-9,15,18-19,21-22H2,1-7H3/p+1/b12-10-,13-11-,17-14-,23-16-,25-20+/t24?,26-,27?/m0/s1. The zero-order chi connectivity index (χ0) is 27.6. The lowest BCUT2D eigenvalue weighted by atomic mass is 10.1. The summed E-state index contributed by atoms with van der Waals surface area (Å²) in [6.07, 6.45) is 18.7. The van der Waals surface area contributed by atoms with Crippen LogP contribution in [-0.4, -0.2) is 79.7 Å². The third-order valence-electron chi connectivity index (χ3n) is 5.47. The summed E-state index contributed by atoms with van der Waals surface area (Å²) in [5.41, 5.74) is 1.84. The molecule has 0 spiro atoms. The second-order valence-corrected chi connectivity index (χ2v) is 10.1. The molecule has 2 unspecified atom stereocenters. The summed E-state index contributed by atoms with van der Waals surface area (Å²) in [5, 5.41) is 19.3. The Labute approximate surface area is 218 Å². The lowest BCUT2D eigenvalue weighted by Crippen LogP contribution is -2.50. The van der Waals surface area contributed by atoms with Crippen LogP contribution in [0.5, 0.6) is 0 Å². The first-order valence-electron chi connectivity index (χ1n) is 12.7. The van der Waals surface area contributed by atoms with Crippen molar-refractivity contribution >= 4 is 11.9 Å². The SMILES string of the molecule is CCCC\C(C)=C/C=C\C=C/C=C\C(C)/C=C(\C)C(=O)OC[C@@H](O)COCCC(C(=O)O)[N+](C)(C)C. The summed E-state index contributed by atoms with van der Waals surface area (Å²) in [5.74, 6) is -1.34. The monoisotopic (exact) mass is 506 g/mol. The Hall–Kier alpha value is -2.48. The predicted octanol–water partition coefficient (Wildman–Crippen LogP) is 4.84. The molecule has 3 atom stereocenters. The molecule has 0 aromatic carbocycles. The number of hydrogen-bond acceptors (Lipinski definition) is 5. The molecule has 0 fully saturated rings. The van der Waals surface area contributed by atoms with Crippen LogP contribution in [0.1, 0.15) is 53.4 Å². The lowest BCUT2D eigenvalue weighted by Gasteiger charge is -2.31. The third-order valence-corrected chi connectivity index (χ3v) is 5.47. The Kier molecular flexibility index (Phi) is 17.5. The van der Waals surface area contributed by atoms with E-state index in [0.29, 0.717) is 12.0 Å². The average Bonchev–Trinajstić information content (AvgIpc) is 2.79. The molecule has 0 heterocycles. The van der Waals surface area contributed by atoms with Gasteiger partial charge in [-0.1, -0.05) is 74.4 Å². The fraction of sp³-hybridized carbons (Fsp3) is 0.586. The Bertz CT molecular complexity index is 801. The van der Waals surface area contributed by atoms with Gasteiger partial charge in [0.15, 0.2) is 6.04 Å². The van der Waals surface area contributed by atoms with E-state index in [1.165, 1.54) is 18.4 Å². The molecular weight excluding hydrogens is 458 g/mol. The van der Waals surface area contributed by atoms with Gasteiger partial charge >= 0.3 is 11.9 Å². The van der Waals surface area contributed by atoms with E-state index in [2.05, 4.69) is 19.9 Å². The fourth-order valence-electron chi connectivity index (χ4n) is 3.30. The number of allylic oxidation sites excluding steroid dienone is 9. The van der Waals surface area contributed by atoms with Crippen molar-refractivity contribution in [2.24, 2.45) is 5.92 Å². The van der Waals surface area contributed by atoms with E-state index < -0.39 is 24.1 Å². The summed E-state index contributed by atoms with van der Waals surface area (Å²) in [6, 6.07) is -0.600. The van der Waals surface area contributed by atoms with Crippen molar-refractivity contribution in [2.45, 2.75) is 65.5 Å². The molecule has 7 heteroatoms. The van der Waals surface area contributed by atoms with Crippen LogP contribution < -0.4 is 0 Å². The quantitative estimate of drug-likeness (QED) is 0.0908. The van der Waals surface area contributed by atoms with Gasteiger partial charge in [0.1, 0.15) is 12.7 Å². The first-order valence-corrected chi connectivity index (χ1v) is 12.7. The highest BCUT2D eigenvalue weighted by Gasteiger charge is 2.30. The molecule has 0 aromatic heterocycles. The summed E-state index contributed by atoms with van der Waals surface area (Å²) in [4.78, 5) is 23.5. The van der Waals surface area contributed by atoms with E-state index in [1.807, 2.05) is 70.6 Å². The van der Waals surface area contributed by atoms with Gasteiger partial charge < -0.3 is 24.2 Å². The number of nitrogens with zero attached hydrogens (tertiary/aromatic N) is 1. The molecule has 7 nitrogen and oxygen atoms in total. The van der Waals surface area contributed by atoms with Crippen LogP contribution in [-0.2, 0) is 19.1 Å². The minimum atomic E-state index is -0.977.